The zero-order valence-electron chi connectivity index (χ0n) is 14.9. The highest BCUT2D eigenvalue weighted by Gasteiger charge is 2.26. The summed E-state index contributed by atoms with van der Waals surface area (Å²) in [6.07, 6.45) is 1.08. The zero-order chi connectivity index (χ0) is 18.6. The highest BCUT2D eigenvalue weighted by atomic mass is 32.2. The first-order chi connectivity index (χ1) is 11.7. The van der Waals surface area contributed by atoms with Crippen molar-refractivity contribution >= 4 is 27.4 Å². The third-order valence-electron chi connectivity index (χ3n) is 4.41. The van der Waals surface area contributed by atoms with Crippen molar-refractivity contribution < 1.29 is 18.0 Å². The number of anilines is 1. The molecule has 1 fully saturated rings. The SMILES string of the molecule is CCN1CCN(C(=O)CN(c2ccc(C(C)=O)cc2)S(C)(=O)=O)CC1. The van der Waals surface area contributed by atoms with Gasteiger partial charge in [0.25, 0.3) is 0 Å². The Hall–Kier alpha value is -1.93. The molecule has 0 atom stereocenters. The number of sulfonamides is 1. The number of ketones is 1. The molecule has 0 aliphatic carbocycles. The number of piperazine rings is 1. The van der Waals surface area contributed by atoms with Gasteiger partial charge in [-0.1, -0.05) is 6.92 Å². The van der Waals surface area contributed by atoms with Crippen molar-refractivity contribution in [3.05, 3.63) is 29.8 Å². The summed E-state index contributed by atoms with van der Waals surface area (Å²) < 4.78 is 25.4. The van der Waals surface area contributed by atoms with Crippen LogP contribution in [0.15, 0.2) is 24.3 Å². The van der Waals surface area contributed by atoms with E-state index in [2.05, 4.69) is 11.8 Å². The molecule has 1 aliphatic heterocycles. The van der Waals surface area contributed by atoms with E-state index in [9.17, 15) is 18.0 Å². The molecule has 1 aromatic carbocycles. The van der Waals surface area contributed by atoms with E-state index in [0.29, 0.717) is 24.3 Å². The van der Waals surface area contributed by atoms with Crippen molar-refractivity contribution in [2.24, 2.45) is 0 Å². The van der Waals surface area contributed by atoms with Crippen molar-refractivity contribution in [3.8, 4) is 0 Å². The van der Waals surface area contributed by atoms with Gasteiger partial charge in [-0.05, 0) is 37.7 Å². The van der Waals surface area contributed by atoms with Crippen LogP contribution in [0.5, 0.6) is 0 Å². The van der Waals surface area contributed by atoms with Crippen molar-refractivity contribution in [1.29, 1.82) is 0 Å². The van der Waals surface area contributed by atoms with Gasteiger partial charge in [-0.2, -0.15) is 0 Å². The summed E-state index contributed by atoms with van der Waals surface area (Å²) in [6, 6.07) is 6.25. The minimum absolute atomic E-state index is 0.0951. The van der Waals surface area contributed by atoms with Gasteiger partial charge in [-0.3, -0.25) is 13.9 Å². The van der Waals surface area contributed by atoms with Gasteiger partial charge in [0.15, 0.2) is 5.78 Å². The normalized spacial score (nSPS) is 15.9. The first-order valence-corrected chi connectivity index (χ1v) is 10.2. The number of hydrogen-bond acceptors (Lipinski definition) is 5. The molecule has 0 radical (unpaired) electrons. The molecule has 25 heavy (non-hydrogen) atoms. The van der Waals surface area contributed by atoms with Gasteiger partial charge in [-0.15, -0.1) is 0 Å². The molecular weight excluding hydrogens is 342 g/mol. The molecule has 7 nitrogen and oxygen atoms in total. The molecule has 0 bridgehead atoms. The van der Waals surface area contributed by atoms with E-state index in [-0.39, 0.29) is 18.2 Å². The Morgan fingerprint density at radius 1 is 1.08 bits per heavy atom. The molecule has 1 heterocycles. The maximum atomic E-state index is 12.5. The average Bonchev–Trinajstić information content (AvgIpc) is 2.58. The first-order valence-electron chi connectivity index (χ1n) is 8.31. The van der Waals surface area contributed by atoms with Crippen molar-refractivity contribution in [1.82, 2.24) is 9.80 Å². The van der Waals surface area contributed by atoms with E-state index in [1.165, 1.54) is 6.92 Å². The number of carbonyl (C=O) groups excluding carboxylic acids is 2. The number of likely N-dealkylation sites (N-methyl/N-ethyl adjacent to an activating group) is 1. The van der Waals surface area contributed by atoms with Crippen molar-refractivity contribution in [3.63, 3.8) is 0 Å². The van der Waals surface area contributed by atoms with E-state index in [1.807, 2.05) is 0 Å². The largest absolute Gasteiger partial charge is 0.339 e. The Morgan fingerprint density at radius 3 is 2.08 bits per heavy atom. The lowest BCUT2D eigenvalue weighted by Gasteiger charge is -2.35. The van der Waals surface area contributed by atoms with Crippen LogP contribution in [0.2, 0.25) is 0 Å². The van der Waals surface area contributed by atoms with Gasteiger partial charge in [-0.25, -0.2) is 8.42 Å². The lowest BCUT2D eigenvalue weighted by atomic mass is 10.1. The van der Waals surface area contributed by atoms with Gasteiger partial charge in [0.1, 0.15) is 6.54 Å². The quantitative estimate of drug-likeness (QED) is 0.696. The Balaban J connectivity index is 2.13. The zero-order valence-corrected chi connectivity index (χ0v) is 15.8. The molecule has 0 saturated carbocycles. The molecule has 2 rings (SSSR count). The Bertz CT molecular complexity index is 723. The predicted molar refractivity (Wildman–Crippen MR) is 97.3 cm³/mol. The molecule has 0 unspecified atom stereocenters. The van der Waals surface area contributed by atoms with Gasteiger partial charge in [0.05, 0.1) is 11.9 Å². The minimum atomic E-state index is -3.61. The molecule has 0 aromatic heterocycles. The van der Waals surface area contributed by atoms with E-state index < -0.39 is 10.0 Å². The standard InChI is InChI=1S/C17H25N3O4S/c1-4-18-9-11-19(12-10-18)17(22)13-20(25(3,23)24)16-7-5-15(6-8-16)14(2)21/h5-8H,4,9-13H2,1-3H3. The van der Waals surface area contributed by atoms with Crippen LogP contribution in [-0.4, -0.2) is 75.4 Å². The monoisotopic (exact) mass is 367 g/mol. The molecule has 1 amide bonds. The van der Waals surface area contributed by atoms with Crippen LogP contribution < -0.4 is 4.31 Å². The molecule has 1 saturated heterocycles. The maximum absolute atomic E-state index is 12.5. The number of hydrogen-bond donors (Lipinski definition) is 0. The molecule has 0 N–H and O–H groups in total. The number of rotatable bonds is 6. The number of Topliss-reactive ketones (excluding diaryl/α,β-unsaturated/α-hetero) is 1. The fraction of sp³-hybridized carbons (Fsp3) is 0.529. The van der Waals surface area contributed by atoms with E-state index in [0.717, 1.165) is 30.2 Å². The second kappa shape index (κ2) is 7.97. The third kappa shape index (κ3) is 5.02. The average molecular weight is 367 g/mol. The topological polar surface area (TPSA) is 78.0 Å². The van der Waals surface area contributed by atoms with Gasteiger partial charge in [0.2, 0.25) is 15.9 Å². The minimum Gasteiger partial charge on any atom is -0.339 e. The fourth-order valence-electron chi connectivity index (χ4n) is 2.80. The predicted octanol–water partition coefficient (Wildman–Crippen LogP) is 0.819. The van der Waals surface area contributed by atoms with Gasteiger partial charge in [0, 0.05) is 31.7 Å². The Morgan fingerprint density at radius 2 is 1.64 bits per heavy atom. The van der Waals surface area contributed by atoms with Crippen LogP contribution in [0, 0.1) is 0 Å². The second-order valence-electron chi connectivity index (χ2n) is 6.19. The Kier molecular flexibility index (Phi) is 6.18. The lowest BCUT2D eigenvalue weighted by molar-refractivity contribution is -0.131. The highest BCUT2D eigenvalue weighted by molar-refractivity contribution is 7.92. The maximum Gasteiger partial charge on any atom is 0.243 e. The molecular formula is C17H25N3O4S. The van der Waals surface area contributed by atoms with Gasteiger partial charge < -0.3 is 9.80 Å². The van der Waals surface area contributed by atoms with Gasteiger partial charge >= 0.3 is 0 Å². The van der Waals surface area contributed by atoms with Crippen molar-refractivity contribution in [2.45, 2.75) is 13.8 Å². The van der Waals surface area contributed by atoms with Crippen LogP contribution in [0.4, 0.5) is 5.69 Å². The molecule has 1 aliphatic rings. The van der Waals surface area contributed by atoms with Crippen LogP contribution in [0.1, 0.15) is 24.2 Å². The lowest BCUT2D eigenvalue weighted by Crippen LogP contribution is -2.51. The Labute approximate surface area is 149 Å². The summed E-state index contributed by atoms with van der Waals surface area (Å²) in [5, 5.41) is 0. The fourth-order valence-corrected chi connectivity index (χ4v) is 3.65. The number of benzene rings is 1. The van der Waals surface area contributed by atoms with Crippen LogP contribution in [0.3, 0.4) is 0 Å². The number of carbonyl (C=O) groups is 2. The summed E-state index contributed by atoms with van der Waals surface area (Å²) in [6.45, 7) is 7.05. The summed E-state index contributed by atoms with van der Waals surface area (Å²) in [5.74, 6) is -0.306. The summed E-state index contributed by atoms with van der Waals surface area (Å²) in [7, 11) is -3.61. The third-order valence-corrected chi connectivity index (χ3v) is 5.55. The second-order valence-corrected chi connectivity index (χ2v) is 8.09. The molecule has 8 heteroatoms. The molecule has 0 spiro atoms. The van der Waals surface area contributed by atoms with E-state index in [1.54, 1.807) is 29.2 Å². The summed E-state index contributed by atoms with van der Waals surface area (Å²) in [5.41, 5.74) is 0.882. The van der Waals surface area contributed by atoms with Crippen LogP contribution in [-0.2, 0) is 14.8 Å². The number of amides is 1. The molecule has 1 aromatic rings. The van der Waals surface area contributed by atoms with Crippen LogP contribution >= 0.6 is 0 Å². The first kappa shape index (κ1) is 19.4. The van der Waals surface area contributed by atoms with Crippen molar-refractivity contribution in [2.75, 3.05) is 49.8 Å². The highest BCUT2D eigenvalue weighted by Crippen LogP contribution is 2.19. The smallest absolute Gasteiger partial charge is 0.243 e. The number of nitrogens with zero attached hydrogens (tertiary/aromatic N) is 3. The van der Waals surface area contributed by atoms with Crippen LogP contribution in [0.25, 0.3) is 0 Å². The van der Waals surface area contributed by atoms with E-state index in [4.69, 9.17) is 0 Å². The summed E-state index contributed by atoms with van der Waals surface area (Å²) in [4.78, 5) is 27.9. The molecule has 138 valence electrons. The summed E-state index contributed by atoms with van der Waals surface area (Å²) >= 11 is 0. The van der Waals surface area contributed by atoms with E-state index >= 15 is 0 Å².